The van der Waals surface area contributed by atoms with Crippen molar-refractivity contribution in [3.63, 3.8) is 0 Å². The summed E-state index contributed by atoms with van der Waals surface area (Å²) in [6.45, 7) is 0. The second kappa shape index (κ2) is 2.89. The van der Waals surface area contributed by atoms with E-state index < -0.39 is 0 Å². The maximum atomic E-state index is 8.28. The van der Waals surface area contributed by atoms with Gasteiger partial charge < -0.3 is 5.32 Å². The van der Waals surface area contributed by atoms with Crippen LogP contribution < -0.4 is 5.32 Å². The Labute approximate surface area is 59.6 Å². The third-order valence-corrected chi connectivity index (χ3v) is 1.28. The number of nitrogens with one attached hydrogen (secondary N) is 1. The third-order valence-electron chi connectivity index (χ3n) is 1.28. The minimum Gasteiger partial charge on any atom is -0.387 e. The lowest BCUT2D eigenvalue weighted by Gasteiger charge is -1.91. The van der Waals surface area contributed by atoms with Crippen molar-refractivity contribution in [3.8, 4) is 12.1 Å². The van der Waals surface area contributed by atoms with Gasteiger partial charge in [0, 0.05) is 12.2 Å². The zero-order valence-electron chi connectivity index (χ0n) is 5.46. The molecule has 3 nitrogen and oxygen atoms in total. The van der Waals surface area contributed by atoms with E-state index in [-0.39, 0.29) is 5.57 Å². The van der Waals surface area contributed by atoms with Gasteiger partial charge >= 0.3 is 0 Å². The Morgan fingerprint density at radius 2 is 2.00 bits per heavy atom. The van der Waals surface area contributed by atoms with E-state index in [1.807, 2.05) is 0 Å². The highest BCUT2D eigenvalue weighted by Crippen LogP contribution is 2.18. The van der Waals surface area contributed by atoms with E-state index in [4.69, 9.17) is 10.5 Å². The van der Waals surface area contributed by atoms with Gasteiger partial charge in [0.2, 0.25) is 0 Å². The molecular formula is C7H7N3. The number of hydrogen-bond donors (Lipinski definition) is 1. The van der Waals surface area contributed by atoms with Crippen molar-refractivity contribution < 1.29 is 0 Å². The van der Waals surface area contributed by atoms with Gasteiger partial charge in [-0.05, 0) is 12.8 Å². The molecule has 0 amide bonds. The van der Waals surface area contributed by atoms with Gasteiger partial charge in [0.05, 0.1) is 0 Å². The van der Waals surface area contributed by atoms with Crippen LogP contribution in [-0.2, 0) is 0 Å². The van der Waals surface area contributed by atoms with E-state index in [1.165, 1.54) is 6.20 Å². The monoisotopic (exact) mass is 133 g/mol. The first kappa shape index (κ1) is 6.64. The second-order valence-electron chi connectivity index (χ2n) is 2.22. The van der Waals surface area contributed by atoms with Crippen LogP contribution in [0.1, 0.15) is 12.8 Å². The van der Waals surface area contributed by atoms with Crippen LogP contribution in [0.3, 0.4) is 0 Å². The van der Waals surface area contributed by atoms with Crippen LogP contribution in [0.5, 0.6) is 0 Å². The molecule has 3 heteroatoms. The number of nitriles is 2. The fraction of sp³-hybridized carbons (Fsp3) is 0.429. The Morgan fingerprint density at radius 1 is 1.40 bits per heavy atom. The molecule has 1 aliphatic carbocycles. The van der Waals surface area contributed by atoms with E-state index >= 15 is 0 Å². The molecule has 0 atom stereocenters. The molecule has 50 valence electrons. The van der Waals surface area contributed by atoms with Crippen molar-refractivity contribution in [2.75, 3.05) is 0 Å². The molecule has 1 N–H and O–H groups in total. The molecule has 1 fully saturated rings. The molecule has 0 spiro atoms. The minimum absolute atomic E-state index is 0.145. The summed E-state index contributed by atoms with van der Waals surface area (Å²) in [6.07, 6.45) is 3.79. The predicted molar refractivity (Wildman–Crippen MR) is 35.5 cm³/mol. The SMILES string of the molecule is N#CC(C#N)=CNC1CC1. The van der Waals surface area contributed by atoms with Crippen molar-refractivity contribution in [3.05, 3.63) is 11.8 Å². The van der Waals surface area contributed by atoms with Crippen LogP contribution in [0.4, 0.5) is 0 Å². The highest BCUT2D eigenvalue weighted by atomic mass is 14.9. The first-order valence-corrected chi connectivity index (χ1v) is 3.13. The van der Waals surface area contributed by atoms with Crippen LogP contribution in [0, 0.1) is 22.7 Å². The molecule has 0 unspecified atom stereocenters. The average Bonchev–Trinajstić information content (AvgIpc) is 2.74. The Kier molecular flexibility index (Phi) is 1.92. The highest BCUT2D eigenvalue weighted by Gasteiger charge is 2.18. The molecule has 0 aromatic heterocycles. The van der Waals surface area contributed by atoms with Crippen molar-refractivity contribution in [1.82, 2.24) is 5.32 Å². The Balaban J connectivity index is 2.37. The van der Waals surface area contributed by atoms with E-state index in [2.05, 4.69) is 5.32 Å². The maximum absolute atomic E-state index is 8.28. The molecule has 1 rings (SSSR count). The lowest BCUT2D eigenvalue weighted by atomic mass is 10.3. The van der Waals surface area contributed by atoms with Crippen LogP contribution in [0.15, 0.2) is 11.8 Å². The van der Waals surface area contributed by atoms with E-state index in [9.17, 15) is 0 Å². The Bertz CT molecular complexity index is 208. The van der Waals surface area contributed by atoms with Gasteiger partial charge in [-0.2, -0.15) is 10.5 Å². The van der Waals surface area contributed by atoms with Crippen molar-refractivity contribution >= 4 is 0 Å². The highest BCUT2D eigenvalue weighted by molar-refractivity contribution is 5.34. The maximum Gasteiger partial charge on any atom is 0.145 e. The molecule has 0 saturated heterocycles. The molecule has 1 saturated carbocycles. The summed E-state index contributed by atoms with van der Waals surface area (Å²) in [7, 11) is 0. The molecular weight excluding hydrogens is 126 g/mol. The van der Waals surface area contributed by atoms with Gasteiger partial charge in [-0.3, -0.25) is 0 Å². The first-order valence-electron chi connectivity index (χ1n) is 3.13. The fourth-order valence-electron chi connectivity index (χ4n) is 0.541. The van der Waals surface area contributed by atoms with Crippen LogP contribution >= 0.6 is 0 Å². The lowest BCUT2D eigenvalue weighted by molar-refractivity contribution is 0.859. The van der Waals surface area contributed by atoms with Gasteiger partial charge in [0.15, 0.2) is 0 Å². The average molecular weight is 133 g/mol. The van der Waals surface area contributed by atoms with E-state index in [0.717, 1.165) is 12.8 Å². The molecule has 0 aromatic rings. The quantitative estimate of drug-likeness (QED) is 0.563. The number of nitrogens with zero attached hydrogens (tertiary/aromatic N) is 2. The first-order chi connectivity index (χ1) is 4.86. The fourth-order valence-corrected chi connectivity index (χ4v) is 0.541. The summed E-state index contributed by atoms with van der Waals surface area (Å²) in [5, 5.41) is 19.5. The molecule has 0 aromatic carbocycles. The molecule has 1 aliphatic rings. The number of allylic oxidation sites excluding steroid dienone is 1. The van der Waals surface area contributed by atoms with Crippen LogP contribution in [0.25, 0.3) is 0 Å². The largest absolute Gasteiger partial charge is 0.387 e. The summed E-state index contributed by atoms with van der Waals surface area (Å²) in [5.74, 6) is 0. The van der Waals surface area contributed by atoms with Crippen LogP contribution in [0.2, 0.25) is 0 Å². The van der Waals surface area contributed by atoms with Gasteiger partial charge in [-0.1, -0.05) is 0 Å². The molecule has 0 heterocycles. The number of hydrogen-bond acceptors (Lipinski definition) is 3. The summed E-state index contributed by atoms with van der Waals surface area (Å²) in [6, 6.07) is 4.06. The zero-order chi connectivity index (χ0) is 7.40. The topological polar surface area (TPSA) is 59.6 Å². The zero-order valence-corrected chi connectivity index (χ0v) is 5.46. The normalized spacial score (nSPS) is 14.6. The van der Waals surface area contributed by atoms with E-state index in [1.54, 1.807) is 12.1 Å². The van der Waals surface area contributed by atoms with Gasteiger partial charge in [-0.25, -0.2) is 0 Å². The standard InChI is InChI=1S/C7H7N3/c8-3-6(4-9)5-10-7-1-2-7/h5,7,10H,1-2H2. The molecule has 10 heavy (non-hydrogen) atoms. The second-order valence-corrected chi connectivity index (χ2v) is 2.22. The van der Waals surface area contributed by atoms with Gasteiger partial charge in [-0.15, -0.1) is 0 Å². The third kappa shape index (κ3) is 1.80. The summed E-state index contributed by atoms with van der Waals surface area (Å²) in [4.78, 5) is 0. The molecule has 0 bridgehead atoms. The van der Waals surface area contributed by atoms with Crippen molar-refractivity contribution in [2.24, 2.45) is 0 Å². The lowest BCUT2D eigenvalue weighted by Crippen LogP contribution is -2.07. The summed E-state index contributed by atoms with van der Waals surface area (Å²) >= 11 is 0. The smallest absolute Gasteiger partial charge is 0.145 e. The van der Waals surface area contributed by atoms with Gasteiger partial charge in [0.1, 0.15) is 17.7 Å². The Hall–Kier alpha value is -1.48. The Morgan fingerprint density at radius 3 is 2.40 bits per heavy atom. The van der Waals surface area contributed by atoms with E-state index in [0.29, 0.717) is 6.04 Å². The molecule has 0 aliphatic heterocycles. The predicted octanol–water partition coefficient (Wildman–Crippen LogP) is 0.669. The summed E-state index contributed by atoms with van der Waals surface area (Å²) < 4.78 is 0. The number of rotatable bonds is 2. The summed E-state index contributed by atoms with van der Waals surface area (Å²) in [5.41, 5.74) is 0.145. The van der Waals surface area contributed by atoms with Crippen LogP contribution in [-0.4, -0.2) is 6.04 Å². The molecule has 0 radical (unpaired) electrons. The van der Waals surface area contributed by atoms with Gasteiger partial charge in [0.25, 0.3) is 0 Å². The van der Waals surface area contributed by atoms with Crippen molar-refractivity contribution in [1.29, 1.82) is 10.5 Å². The minimum atomic E-state index is 0.145. The van der Waals surface area contributed by atoms with Crippen molar-refractivity contribution in [2.45, 2.75) is 18.9 Å².